The maximum atomic E-state index is 14.9. The van der Waals surface area contributed by atoms with Crippen molar-refractivity contribution in [2.24, 2.45) is 0 Å². The second kappa shape index (κ2) is 7.95. The van der Waals surface area contributed by atoms with Gasteiger partial charge >= 0.3 is 0 Å². The number of anilines is 1. The van der Waals surface area contributed by atoms with Gasteiger partial charge in [0.15, 0.2) is 17.5 Å². The van der Waals surface area contributed by atoms with Crippen LogP contribution in [-0.4, -0.2) is 63.0 Å². The van der Waals surface area contributed by atoms with Gasteiger partial charge in [-0.3, -0.25) is 4.90 Å². The lowest BCUT2D eigenvalue weighted by Crippen LogP contribution is -2.43. The monoisotopic (exact) mass is 441 g/mol. The van der Waals surface area contributed by atoms with Crippen molar-refractivity contribution in [3.63, 3.8) is 0 Å². The number of piperazine rings is 1. The Hall–Kier alpha value is -2.95. The molecule has 5 rings (SSSR count). The van der Waals surface area contributed by atoms with E-state index in [4.69, 9.17) is 5.73 Å². The number of nitrogens with one attached hydrogen (secondary N) is 1. The molecule has 1 saturated heterocycles. The molecule has 5 heterocycles. The fraction of sp³-hybridized carbons (Fsp3) is 0.286. The number of hydrogen-bond donors (Lipinski definition) is 2. The standard InChI is InChI=1S/C21H21F2N7S/c1-29-4-6-30(7-5-29)11-13-2-3-16(31-13)18-17(23)19(24)28-21(27-18)15-10-26-20-14(15)8-12(22)9-25-20/h2-3,8-10H,4-7,11H2,1H3,(H,25,26)(H2,24,27,28). The SMILES string of the molecule is CN1CCN(Cc2ccc(-c3nc(-c4c[nH]c5ncc(F)cc45)nc(N)c3F)s2)CC1. The second-order valence-corrected chi connectivity index (χ2v) is 8.86. The van der Waals surface area contributed by atoms with Crippen molar-refractivity contribution in [2.45, 2.75) is 6.54 Å². The quantitative estimate of drug-likeness (QED) is 0.505. The lowest BCUT2D eigenvalue weighted by atomic mass is 10.2. The molecule has 160 valence electrons. The number of thiophene rings is 1. The maximum Gasteiger partial charge on any atom is 0.192 e. The molecule has 0 spiro atoms. The molecule has 4 aromatic rings. The summed E-state index contributed by atoms with van der Waals surface area (Å²) in [5.41, 5.74) is 7.04. The van der Waals surface area contributed by atoms with Crippen molar-refractivity contribution >= 4 is 28.2 Å². The van der Waals surface area contributed by atoms with Crippen LogP contribution in [0.2, 0.25) is 0 Å². The molecule has 1 fully saturated rings. The molecule has 1 aliphatic heterocycles. The minimum atomic E-state index is -0.652. The Bertz CT molecular complexity index is 1240. The van der Waals surface area contributed by atoms with E-state index in [0.29, 0.717) is 21.5 Å². The van der Waals surface area contributed by atoms with Crippen molar-refractivity contribution in [3.8, 4) is 22.0 Å². The average molecular weight is 442 g/mol. The summed E-state index contributed by atoms with van der Waals surface area (Å²) in [5, 5.41) is 0.513. The first-order chi connectivity index (χ1) is 15.0. The smallest absolute Gasteiger partial charge is 0.192 e. The number of halogens is 2. The first kappa shape index (κ1) is 20.0. The number of pyridine rings is 1. The molecular formula is C21H21F2N7S. The van der Waals surface area contributed by atoms with Gasteiger partial charge in [-0.25, -0.2) is 23.7 Å². The third-order valence-electron chi connectivity index (χ3n) is 5.49. The fourth-order valence-electron chi connectivity index (χ4n) is 3.73. The number of nitrogens with zero attached hydrogens (tertiary/aromatic N) is 5. The van der Waals surface area contributed by atoms with E-state index in [0.717, 1.165) is 43.8 Å². The number of aromatic amines is 1. The number of fused-ring (bicyclic) bond motifs is 1. The number of H-pyrrole nitrogens is 1. The predicted molar refractivity (Wildman–Crippen MR) is 118 cm³/mol. The first-order valence-electron chi connectivity index (χ1n) is 9.94. The van der Waals surface area contributed by atoms with E-state index in [9.17, 15) is 8.78 Å². The van der Waals surface area contributed by atoms with Crippen LogP contribution in [0.15, 0.2) is 30.6 Å². The van der Waals surface area contributed by atoms with E-state index < -0.39 is 11.6 Å². The molecule has 10 heteroatoms. The summed E-state index contributed by atoms with van der Waals surface area (Å²) in [6, 6.07) is 5.21. The van der Waals surface area contributed by atoms with Crippen molar-refractivity contribution < 1.29 is 8.78 Å². The van der Waals surface area contributed by atoms with Crippen LogP contribution < -0.4 is 5.73 Å². The molecular weight excluding hydrogens is 420 g/mol. The zero-order chi connectivity index (χ0) is 21.5. The van der Waals surface area contributed by atoms with Crippen LogP contribution in [0.5, 0.6) is 0 Å². The van der Waals surface area contributed by atoms with Crippen LogP contribution in [0, 0.1) is 11.6 Å². The molecule has 3 N–H and O–H groups in total. The van der Waals surface area contributed by atoms with Crippen molar-refractivity contribution in [1.29, 1.82) is 0 Å². The average Bonchev–Trinajstić information content (AvgIpc) is 3.38. The Morgan fingerprint density at radius 2 is 1.97 bits per heavy atom. The molecule has 1 aliphatic rings. The number of likely N-dealkylation sites (N-methyl/N-ethyl adjacent to an activating group) is 1. The minimum absolute atomic E-state index is 0.149. The molecule has 0 atom stereocenters. The normalized spacial score (nSPS) is 15.7. The molecule has 0 aromatic carbocycles. The Balaban J connectivity index is 1.48. The summed E-state index contributed by atoms with van der Waals surface area (Å²) in [6.07, 6.45) is 2.75. The zero-order valence-electron chi connectivity index (χ0n) is 16.9. The van der Waals surface area contributed by atoms with Gasteiger partial charge in [-0.2, -0.15) is 0 Å². The topological polar surface area (TPSA) is 87.0 Å². The largest absolute Gasteiger partial charge is 0.381 e. The number of nitrogens with two attached hydrogens (primary N) is 1. The molecule has 0 unspecified atom stereocenters. The van der Waals surface area contributed by atoms with E-state index in [1.807, 2.05) is 12.1 Å². The van der Waals surface area contributed by atoms with Gasteiger partial charge in [0.2, 0.25) is 0 Å². The molecule has 0 aliphatic carbocycles. The van der Waals surface area contributed by atoms with Crippen molar-refractivity contribution in [1.82, 2.24) is 29.7 Å². The van der Waals surface area contributed by atoms with Gasteiger partial charge in [0.1, 0.15) is 17.2 Å². The number of hydrogen-bond acceptors (Lipinski definition) is 7. The van der Waals surface area contributed by atoms with Gasteiger partial charge in [0, 0.05) is 54.7 Å². The molecule has 0 radical (unpaired) electrons. The summed E-state index contributed by atoms with van der Waals surface area (Å²) >= 11 is 1.49. The molecule has 7 nitrogen and oxygen atoms in total. The van der Waals surface area contributed by atoms with Crippen LogP contribution in [0.25, 0.3) is 33.0 Å². The predicted octanol–water partition coefficient (Wildman–Crippen LogP) is 3.36. The Morgan fingerprint density at radius 3 is 2.77 bits per heavy atom. The van der Waals surface area contributed by atoms with E-state index in [1.54, 1.807) is 6.20 Å². The third-order valence-corrected chi connectivity index (χ3v) is 6.56. The van der Waals surface area contributed by atoms with Gasteiger partial charge in [-0.1, -0.05) is 0 Å². The summed E-state index contributed by atoms with van der Waals surface area (Å²) in [7, 11) is 2.12. The van der Waals surface area contributed by atoms with Gasteiger partial charge in [-0.05, 0) is 25.2 Å². The lowest BCUT2D eigenvalue weighted by molar-refractivity contribution is 0.149. The highest BCUT2D eigenvalue weighted by molar-refractivity contribution is 7.15. The molecule has 0 amide bonds. The zero-order valence-corrected chi connectivity index (χ0v) is 17.7. The Labute approximate surface area is 181 Å². The minimum Gasteiger partial charge on any atom is -0.381 e. The van der Waals surface area contributed by atoms with E-state index in [-0.39, 0.29) is 17.3 Å². The van der Waals surface area contributed by atoms with Crippen molar-refractivity contribution in [3.05, 3.63) is 47.1 Å². The second-order valence-electron chi connectivity index (χ2n) is 7.69. The summed E-state index contributed by atoms with van der Waals surface area (Å²) in [6.45, 7) is 4.92. The van der Waals surface area contributed by atoms with E-state index in [1.165, 1.54) is 17.4 Å². The number of aromatic nitrogens is 4. The Kier molecular flexibility index (Phi) is 5.12. The highest BCUT2D eigenvalue weighted by Gasteiger charge is 2.20. The van der Waals surface area contributed by atoms with Crippen LogP contribution in [0.1, 0.15) is 4.88 Å². The molecule has 0 saturated carbocycles. The summed E-state index contributed by atoms with van der Waals surface area (Å²) in [5.74, 6) is -1.15. The summed E-state index contributed by atoms with van der Waals surface area (Å²) in [4.78, 5) is 22.0. The Morgan fingerprint density at radius 1 is 1.16 bits per heavy atom. The maximum absolute atomic E-state index is 14.9. The van der Waals surface area contributed by atoms with E-state index in [2.05, 4.69) is 36.8 Å². The summed E-state index contributed by atoms with van der Waals surface area (Å²) < 4.78 is 28.6. The third kappa shape index (κ3) is 3.89. The van der Waals surface area contributed by atoms with Crippen molar-refractivity contribution in [2.75, 3.05) is 39.0 Å². The van der Waals surface area contributed by atoms with Gasteiger partial charge < -0.3 is 15.6 Å². The van der Waals surface area contributed by atoms with Gasteiger partial charge in [0.25, 0.3) is 0 Å². The lowest BCUT2D eigenvalue weighted by Gasteiger charge is -2.31. The van der Waals surface area contributed by atoms with Crippen LogP contribution in [-0.2, 0) is 6.54 Å². The molecule has 0 bridgehead atoms. The van der Waals surface area contributed by atoms with E-state index >= 15 is 0 Å². The fourth-order valence-corrected chi connectivity index (χ4v) is 4.76. The van der Waals surface area contributed by atoms with Gasteiger partial charge in [-0.15, -0.1) is 11.3 Å². The number of nitrogen functional groups attached to an aromatic ring is 1. The molecule has 4 aromatic heterocycles. The number of rotatable bonds is 4. The highest BCUT2D eigenvalue weighted by atomic mass is 32.1. The highest BCUT2D eigenvalue weighted by Crippen LogP contribution is 2.34. The van der Waals surface area contributed by atoms with Gasteiger partial charge in [0.05, 0.1) is 11.1 Å². The molecule has 31 heavy (non-hydrogen) atoms. The van der Waals surface area contributed by atoms with Crippen LogP contribution >= 0.6 is 11.3 Å². The first-order valence-corrected chi connectivity index (χ1v) is 10.8. The van der Waals surface area contributed by atoms with Crippen LogP contribution in [0.4, 0.5) is 14.6 Å². The van der Waals surface area contributed by atoms with Crippen LogP contribution in [0.3, 0.4) is 0 Å².